The van der Waals surface area contributed by atoms with E-state index in [2.05, 4.69) is 34.6 Å². The number of hydrogen-bond donors (Lipinski definition) is 4. The van der Waals surface area contributed by atoms with Crippen molar-refractivity contribution < 1.29 is 14.7 Å². The molecule has 1 unspecified atom stereocenters. The lowest BCUT2D eigenvalue weighted by molar-refractivity contribution is -0.130. The third-order valence-corrected chi connectivity index (χ3v) is 7.91. The Morgan fingerprint density at radius 3 is 2.76 bits per heavy atom. The van der Waals surface area contributed by atoms with Crippen LogP contribution in [0.2, 0.25) is 0 Å². The van der Waals surface area contributed by atoms with Crippen molar-refractivity contribution in [1.29, 1.82) is 5.41 Å². The quantitative estimate of drug-likeness (QED) is 0.187. The van der Waals surface area contributed by atoms with Crippen LogP contribution in [0, 0.1) is 5.41 Å². The molecule has 1 atom stereocenters. The number of H-pyrrole nitrogens is 1. The SMILES string of the molecule is CC(c1nc2c([nH]1)CCN(C(=N)C(=O)O)C2)c1nc2ccc(C(=O)NCCc3cccc4ccccc34)cc2n1C. The minimum absolute atomic E-state index is 0.127. The highest BCUT2D eigenvalue weighted by Crippen LogP contribution is 2.28. The molecule has 1 amide bonds. The molecule has 10 heteroatoms. The number of aromatic nitrogens is 4. The molecule has 41 heavy (non-hydrogen) atoms. The molecule has 3 aromatic carbocycles. The van der Waals surface area contributed by atoms with Crippen molar-refractivity contribution in [2.45, 2.75) is 32.2 Å². The number of aliphatic carboxylic acids is 1. The zero-order valence-corrected chi connectivity index (χ0v) is 22.9. The number of aromatic amines is 1. The van der Waals surface area contributed by atoms with Gasteiger partial charge in [-0.3, -0.25) is 10.2 Å². The number of fused-ring (bicyclic) bond motifs is 3. The van der Waals surface area contributed by atoms with Crippen LogP contribution in [0.15, 0.2) is 60.7 Å². The van der Waals surface area contributed by atoms with E-state index >= 15 is 0 Å². The number of amides is 1. The number of rotatable bonds is 6. The van der Waals surface area contributed by atoms with E-state index in [4.69, 9.17) is 15.4 Å². The van der Waals surface area contributed by atoms with Crippen molar-refractivity contribution in [3.63, 3.8) is 0 Å². The number of nitrogens with zero attached hydrogens (tertiary/aromatic N) is 4. The predicted octanol–water partition coefficient (Wildman–Crippen LogP) is 3.99. The van der Waals surface area contributed by atoms with E-state index in [0.717, 1.165) is 40.5 Å². The van der Waals surface area contributed by atoms with E-state index in [1.165, 1.54) is 21.2 Å². The molecule has 1 aliphatic heterocycles. The van der Waals surface area contributed by atoms with Gasteiger partial charge < -0.3 is 24.9 Å². The molecule has 0 spiro atoms. The molecule has 4 N–H and O–H groups in total. The highest BCUT2D eigenvalue weighted by atomic mass is 16.4. The van der Waals surface area contributed by atoms with Crippen LogP contribution in [0.3, 0.4) is 0 Å². The summed E-state index contributed by atoms with van der Waals surface area (Å²) < 4.78 is 1.99. The van der Waals surface area contributed by atoms with E-state index in [9.17, 15) is 14.7 Å². The number of carboxylic acid groups (broad SMARTS) is 1. The standard InChI is InChI=1S/C31H31N7O3/c1-18(28-34-23-13-15-38(17-25(23)35-28)27(32)31(40)41)29-36-24-11-10-21(16-26(24)37(29)2)30(39)33-14-12-20-8-5-7-19-6-3-4-9-22(19)20/h3-11,16,18,32H,12-15,17H2,1-2H3,(H,33,39)(H,34,35)(H,40,41). The third-order valence-electron chi connectivity index (χ3n) is 7.91. The van der Waals surface area contributed by atoms with Gasteiger partial charge >= 0.3 is 5.97 Å². The first-order chi connectivity index (χ1) is 19.8. The first-order valence-electron chi connectivity index (χ1n) is 13.7. The van der Waals surface area contributed by atoms with Crippen molar-refractivity contribution in [3.05, 3.63) is 94.8 Å². The molecule has 0 radical (unpaired) electrons. The Kier molecular flexibility index (Phi) is 6.74. The lowest BCUT2D eigenvalue weighted by Crippen LogP contribution is -2.39. The maximum absolute atomic E-state index is 13.0. The highest BCUT2D eigenvalue weighted by molar-refractivity contribution is 6.32. The van der Waals surface area contributed by atoms with Crippen molar-refractivity contribution >= 4 is 39.5 Å². The Labute approximate surface area is 236 Å². The van der Waals surface area contributed by atoms with Crippen LogP contribution in [0.1, 0.15) is 51.8 Å². The Balaban J connectivity index is 1.16. The molecular formula is C31H31N7O3. The second-order valence-corrected chi connectivity index (χ2v) is 10.5. The van der Waals surface area contributed by atoms with Crippen LogP contribution in [-0.4, -0.2) is 60.3 Å². The smallest absolute Gasteiger partial charge is 0.371 e. The van der Waals surface area contributed by atoms with Gasteiger partial charge in [0.25, 0.3) is 5.91 Å². The molecular weight excluding hydrogens is 518 g/mol. The molecule has 0 fully saturated rings. The van der Waals surface area contributed by atoms with Gasteiger partial charge in [-0.1, -0.05) is 42.5 Å². The molecule has 10 nitrogen and oxygen atoms in total. The first-order valence-corrected chi connectivity index (χ1v) is 13.7. The van der Waals surface area contributed by atoms with Gasteiger partial charge in [0.2, 0.25) is 5.84 Å². The van der Waals surface area contributed by atoms with Gasteiger partial charge in [-0.2, -0.15) is 0 Å². The second kappa shape index (κ2) is 10.5. The van der Waals surface area contributed by atoms with Crippen molar-refractivity contribution in [2.75, 3.05) is 13.1 Å². The number of aryl methyl sites for hydroxylation is 1. The molecule has 6 rings (SSSR count). The van der Waals surface area contributed by atoms with E-state index in [0.29, 0.717) is 25.1 Å². The summed E-state index contributed by atoms with van der Waals surface area (Å²) in [6, 6.07) is 20.1. The Morgan fingerprint density at radius 1 is 1.12 bits per heavy atom. The Bertz CT molecular complexity index is 1810. The minimum atomic E-state index is -1.24. The summed E-state index contributed by atoms with van der Waals surface area (Å²) in [7, 11) is 1.93. The van der Waals surface area contributed by atoms with Crippen molar-refractivity contribution in [3.8, 4) is 0 Å². The number of benzene rings is 3. The number of carbonyl (C=O) groups excluding carboxylic acids is 1. The second-order valence-electron chi connectivity index (χ2n) is 10.5. The lowest BCUT2D eigenvalue weighted by atomic mass is 10.0. The summed E-state index contributed by atoms with van der Waals surface area (Å²) in [5, 5.41) is 22.4. The maximum atomic E-state index is 13.0. The van der Waals surface area contributed by atoms with Crippen LogP contribution in [0.4, 0.5) is 0 Å². The van der Waals surface area contributed by atoms with Gasteiger partial charge in [-0.25, -0.2) is 14.8 Å². The molecule has 0 saturated heterocycles. The fraction of sp³-hybridized carbons (Fsp3) is 0.258. The van der Waals surface area contributed by atoms with Gasteiger partial charge in [0.1, 0.15) is 11.6 Å². The van der Waals surface area contributed by atoms with Crippen LogP contribution < -0.4 is 5.32 Å². The number of nitrogens with one attached hydrogen (secondary N) is 3. The van der Waals surface area contributed by atoms with Crippen molar-refractivity contribution in [1.82, 2.24) is 29.7 Å². The van der Waals surface area contributed by atoms with E-state index in [-0.39, 0.29) is 18.4 Å². The molecule has 0 aliphatic carbocycles. The first kappa shape index (κ1) is 26.2. The lowest BCUT2D eigenvalue weighted by Gasteiger charge is -2.26. The van der Waals surface area contributed by atoms with Crippen LogP contribution in [0.5, 0.6) is 0 Å². The van der Waals surface area contributed by atoms with Gasteiger partial charge in [0, 0.05) is 37.8 Å². The van der Waals surface area contributed by atoms with Gasteiger partial charge in [0.05, 0.1) is 29.2 Å². The predicted molar refractivity (Wildman–Crippen MR) is 156 cm³/mol. The monoisotopic (exact) mass is 549 g/mol. The Hall–Kier alpha value is -4.99. The van der Waals surface area contributed by atoms with E-state index in [1.807, 2.05) is 48.9 Å². The summed E-state index contributed by atoms with van der Waals surface area (Å²) in [6.45, 7) is 3.28. The average Bonchev–Trinajstić information content (AvgIpc) is 3.56. The number of carboxylic acids is 1. The molecule has 3 heterocycles. The van der Waals surface area contributed by atoms with Gasteiger partial charge in [-0.05, 0) is 47.9 Å². The molecule has 0 saturated carbocycles. The number of hydrogen-bond acceptors (Lipinski definition) is 5. The van der Waals surface area contributed by atoms with E-state index < -0.39 is 11.8 Å². The summed E-state index contributed by atoms with van der Waals surface area (Å²) in [5.74, 6) is -0.410. The molecule has 1 aliphatic rings. The maximum Gasteiger partial charge on any atom is 0.371 e. The fourth-order valence-corrected chi connectivity index (χ4v) is 5.63. The summed E-state index contributed by atoms with van der Waals surface area (Å²) >= 11 is 0. The summed E-state index contributed by atoms with van der Waals surface area (Å²) in [4.78, 5) is 38.8. The molecule has 2 aromatic heterocycles. The number of carbonyl (C=O) groups is 2. The minimum Gasteiger partial charge on any atom is -0.475 e. The zero-order chi connectivity index (χ0) is 28.7. The average molecular weight is 550 g/mol. The molecule has 0 bridgehead atoms. The largest absolute Gasteiger partial charge is 0.475 e. The van der Waals surface area contributed by atoms with Gasteiger partial charge in [-0.15, -0.1) is 0 Å². The number of imidazole rings is 2. The third kappa shape index (κ3) is 4.93. The molecule has 208 valence electrons. The molecule has 5 aromatic rings. The van der Waals surface area contributed by atoms with Crippen LogP contribution in [-0.2, 0) is 31.2 Å². The summed E-state index contributed by atoms with van der Waals surface area (Å²) in [5.41, 5.74) is 5.14. The van der Waals surface area contributed by atoms with Crippen LogP contribution in [0.25, 0.3) is 21.8 Å². The summed E-state index contributed by atoms with van der Waals surface area (Å²) in [6.07, 6.45) is 1.33. The van der Waals surface area contributed by atoms with E-state index in [1.54, 1.807) is 6.07 Å². The zero-order valence-electron chi connectivity index (χ0n) is 22.9. The van der Waals surface area contributed by atoms with Crippen LogP contribution >= 0.6 is 0 Å². The topological polar surface area (TPSA) is 140 Å². The van der Waals surface area contributed by atoms with Gasteiger partial charge in [0.15, 0.2) is 0 Å². The fourth-order valence-electron chi connectivity index (χ4n) is 5.63. The highest BCUT2D eigenvalue weighted by Gasteiger charge is 2.27. The number of amidine groups is 1. The van der Waals surface area contributed by atoms with Crippen molar-refractivity contribution in [2.24, 2.45) is 7.05 Å². The Morgan fingerprint density at radius 2 is 1.93 bits per heavy atom. The normalized spacial score (nSPS) is 13.8.